The fourth-order valence-electron chi connectivity index (χ4n) is 2.19. The summed E-state index contributed by atoms with van der Waals surface area (Å²) in [5.74, 6) is 0.0219. The van der Waals surface area contributed by atoms with Crippen LogP contribution in [0.5, 0.6) is 0 Å². The minimum atomic E-state index is 0.0219. The maximum atomic E-state index is 11.6. The molecule has 0 aliphatic carbocycles. The molecule has 1 aromatic carbocycles. The van der Waals surface area contributed by atoms with Crippen molar-refractivity contribution in [2.75, 3.05) is 6.54 Å². The molecule has 1 rings (SSSR count). The van der Waals surface area contributed by atoms with Crippen LogP contribution in [0, 0.1) is 0 Å². The average Bonchev–Trinajstić information content (AvgIpc) is 2.43. The molecule has 0 fully saturated rings. The smallest absolute Gasteiger partial charge is 0.251 e. The van der Waals surface area contributed by atoms with Gasteiger partial charge in [-0.15, -0.1) is 0 Å². The van der Waals surface area contributed by atoms with Crippen LogP contribution in [0.4, 0.5) is 0 Å². The summed E-state index contributed by atoms with van der Waals surface area (Å²) in [7, 11) is 0. The number of carbonyl (C=O) groups is 1. The number of unbranched alkanes of at least 4 members (excludes halogenated alkanes) is 5. The van der Waals surface area contributed by atoms with Crippen molar-refractivity contribution in [3.8, 4) is 0 Å². The summed E-state index contributed by atoms with van der Waals surface area (Å²) in [6.45, 7) is 4.86. The normalized spacial score (nSPS) is 10.4. The number of aryl methyl sites for hydroxylation is 1. The van der Waals surface area contributed by atoms with E-state index >= 15 is 0 Å². The quantitative estimate of drug-likeness (QED) is 0.658. The zero-order valence-corrected chi connectivity index (χ0v) is 12.4. The van der Waals surface area contributed by atoms with Gasteiger partial charge < -0.3 is 5.32 Å². The molecule has 2 heteroatoms. The summed E-state index contributed by atoms with van der Waals surface area (Å²) < 4.78 is 0. The van der Waals surface area contributed by atoms with Gasteiger partial charge in [0.05, 0.1) is 0 Å². The van der Waals surface area contributed by atoms with Crippen molar-refractivity contribution in [1.29, 1.82) is 0 Å². The van der Waals surface area contributed by atoms with Crippen LogP contribution in [0.25, 0.3) is 0 Å². The SMILES string of the molecule is CCCCCCCCc1ccc(C(=O)NCC)cc1. The van der Waals surface area contributed by atoms with Gasteiger partial charge in [0.15, 0.2) is 0 Å². The average molecular weight is 261 g/mol. The van der Waals surface area contributed by atoms with Crippen LogP contribution in [0.15, 0.2) is 24.3 Å². The van der Waals surface area contributed by atoms with Gasteiger partial charge in [0.25, 0.3) is 5.91 Å². The Balaban J connectivity index is 2.26. The van der Waals surface area contributed by atoms with E-state index in [4.69, 9.17) is 0 Å². The van der Waals surface area contributed by atoms with Gasteiger partial charge in [-0.1, -0.05) is 51.2 Å². The number of hydrogen-bond acceptors (Lipinski definition) is 1. The first-order valence-electron chi connectivity index (χ1n) is 7.65. The van der Waals surface area contributed by atoms with Crippen LogP contribution >= 0.6 is 0 Å². The van der Waals surface area contributed by atoms with Crippen LogP contribution in [0.1, 0.15) is 68.3 Å². The molecule has 0 saturated carbocycles. The number of rotatable bonds is 9. The molecule has 0 saturated heterocycles. The third-order valence-electron chi connectivity index (χ3n) is 3.37. The first kappa shape index (κ1) is 15.7. The molecule has 0 heterocycles. The van der Waals surface area contributed by atoms with Crippen LogP contribution in [0.2, 0.25) is 0 Å². The summed E-state index contributed by atoms with van der Waals surface area (Å²) in [5, 5.41) is 2.81. The van der Waals surface area contributed by atoms with E-state index in [-0.39, 0.29) is 5.91 Å². The number of benzene rings is 1. The van der Waals surface area contributed by atoms with Crippen molar-refractivity contribution in [1.82, 2.24) is 5.32 Å². The van der Waals surface area contributed by atoms with E-state index in [9.17, 15) is 4.79 Å². The number of nitrogens with one attached hydrogen (secondary N) is 1. The Morgan fingerprint density at radius 1 is 0.947 bits per heavy atom. The van der Waals surface area contributed by atoms with Crippen molar-refractivity contribution >= 4 is 5.91 Å². The van der Waals surface area contributed by atoms with Gasteiger partial charge in [0.2, 0.25) is 0 Å². The van der Waals surface area contributed by atoms with Gasteiger partial charge in [0, 0.05) is 12.1 Å². The van der Waals surface area contributed by atoms with E-state index in [1.165, 1.54) is 44.1 Å². The highest BCUT2D eigenvalue weighted by Gasteiger charge is 2.03. The molecule has 1 amide bonds. The van der Waals surface area contributed by atoms with Crippen LogP contribution in [0.3, 0.4) is 0 Å². The molecule has 1 aromatic rings. The highest BCUT2D eigenvalue weighted by Crippen LogP contribution is 2.11. The monoisotopic (exact) mass is 261 g/mol. The topological polar surface area (TPSA) is 29.1 Å². The summed E-state index contributed by atoms with van der Waals surface area (Å²) in [6, 6.07) is 8.02. The second kappa shape index (κ2) is 9.60. The number of hydrogen-bond donors (Lipinski definition) is 1. The van der Waals surface area contributed by atoms with Crippen molar-refractivity contribution in [3.05, 3.63) is 35.4 Å². The number of carbonyl (C=O) groups excluding carboxylic acids is 1. The van der Waals surface area contributed by atoms with Crippen molar-refractivity contribution in [2.24, 2.45) is 0 Å². The van der Waals surface area contributed by atoms with Gasteiger partial charge in [-0.25, -0.2) is 0 Å². The van der Waals surface area contributed by atoms with Crippen LogP contribution in [-0.2, 0) is 6.42 Å². The second-order valence-corrected chi connectivity index (χ2v) is 5.07. The predicted octanol–water partition coefficient (Wildman–Crippen LogP) is 4.34. The molecule has 0 atom stereocenters. The highest BCUT2D eigenvalue weighted by molar-refractivity contribution is 5.94. The lowest BCUT2D eigenvalue weighted by Gasteiger charge is -2.05. The summed E-state index contributed by atoms with van der Waals surface area (Å²) >= 11 is 0. The molecule has 2 nitrogen and oxygen atoms in total. The molecule has 0 radical (unpaired) electrons. The summed E-state index contributed by atoms with van der Waals surface area (Å²) in [5.41, 5.74) is 2.09. The molecule has 0 unspecified atom stereocenters. The van der Waals surface area contributed by atoms with Gasteiger partial charge in [-0.3, -0.25) is 4.79 Å². The fraction of sp³-hybridized carbons (Fsp3) is 0.588. The van der Waals surface area contributed by atoms with Gasteiger partial charge in [-0.2, -0.15) is 0 Å². The predicted molar refractivity (Wildman–Crippen MR) is 81.5 cm³/mol. The maximum absolute atomic E-state index is 11.6. The molecular formula is C17H27NO. The molecule has 0 aromatic heterocycles. The van der Waals surface area contributed by atoms with E-state index in [0.717, 1.165) is 12.0 Å². The summed E-state index contributed by atoms with van der Waals surface area (Å²) in [4.78, 5) is 11.6. The molecule has 106 valence electrons. The largest absolute Gasteiger partial charge is 0.352 e. The molecular weight excluding hydrogens is 234 g/mol. The third kappa shape index (κ3) is 6.42. The molecule has 0 aliphatic rings. The van der Waals surface area contributed by atoms with E-state index < -0.39 is 0 Å². The van der Waals surface area contributed by atoms with Gasteiger partial charge >= 0.3 is 0 Å². The third-order valence-corrected chi connectivity index (χ3v) is 3.37. The maximum Gasteiger partial charge on any atom is 0.251 e. The van der Waals surface area contributed by atoms with Crippen molar-refractivity contribution in [3.63, 3.8) is 0 Å². The van der Waals surface area contributed by atoms with Crippen LogP contribution < -0.4 is 5.32 Å². The molecule has 0 bridgehead atoms. The highest BCUT2D eigenvalue weighted by atomic mass is 16.1. The van der Waals surface area contributed by atoms with E-state index in [0.29, 0.717) is 6.54 Å². The Morgan fingerprint density at radius 2 is 1.58 bits per heavy atom. The van der Waals surface area contributed by atoms with E-state index in [1.54, 1.807) is 0 Å². The Kier molecular flexibility index (Phi) is 7.95. The molecule has 19 heavy (non-hydrogen) atoms. The second-order valence-electron chi connectivity index (χ2n) is 5.07. The van der Waals surface area contributed by atoms with Gasteiger partial charge in [-0.05, 0) is 37.5 Å². The first-order chi connectivity index (χ1) is 9.27. The minimum absolute atomic E-state index is 0.0219. The standard InChI is InChI=1S/C17H27NO/c1-3-5-6-7-8-9-10-15-11-13-16(14-12-15)17(19)18-4-2/h11-14H,3-10H2,1-2H3,(H,18,19). The Labute approximate surface area is 117 Å². The zero-order chi connectivity index (χ0) is 13.9. The van der Waals surface area contributed by atoms with Crippen LogP contribution in [-0.4, -0.2) is 12.5 Å². The van der Waals surface area contributed by atoms with Crippen molar-refractivity contribution in [2.45, 2.75) is 58.8 Å². The molecule has 0 spiro atoms. The molecule has 0 aliphatic heterocycles. The fourth-order valence-corrected chi connectivity index (χ4v) is 2.19. The molecule has 1 N–H and O–H groups in total. The lowest BCUT2D eigenvalue weighted by molar-refractivity contribution is 0.0956. The zero-order valence-electron chi connectivity index (χ0n) is 12.4. The first-order valence-corrected chi connectivity index (χ1v) is 7.65. The minimum Gasteiger partial charge on any atom is -0.352 e. The lowest BCUT2D eigenvalue weighted by atomic mass is 10.0. The Hall–Kier alpha value is -1.31. The number of amides is 1. The van der Waals surface area contributed by atoms with Crippen molar-refractivity contribution < 1.29 is 4.79 Å². The van der Waals surface area contributed by atoms with E-state index in [2.05, 4.69) is 24.4 Å². The summed E-state index contributed by atoms with van der Waals surface area (Å²) in [6.07, 6.45) is 9.09. The lowest BCUT2D eigenvalue weighted by Crippen LogP contribution is -2.22. The Morgan fingerprint density at radius 3 is 2.21 bits per heavy atom. The van der Waals surface area contributed by atoms with Gasteiger partial charge in [0.1, 0.15) is 0 Å². The van der Waals surface area contributed by atoms with E-state index in [1.807, 2.05) is 19.1 Å². The Bertz CT molecular complexity index is 356.